The number of carboxylic acid groups (broad SMARTS) is 1. The van der Waals surface area contributed by atoms with Gasteiger partial charge in [-0.15, -0.1) is 11.8 Å². The van der Waals surface area contributed by atoms with Crippen molar-refractivity contribution in [3.05, 3.63) is 24.5 Å². The molecule has 10 nitrogen and oxygen atoms in total. The molecule has 0 aliphatic rings. The second-order valence-corrected chi connectivity index (χ2v) is 6.41. The van der Waals surface area contributed by atoms with Gasteiger partial charge in [-0.3, -0.25) is 0 Å². The predicted molar refractivity (Wildman–Crippen MR) is 101 cm³/mol. The Bertz CT molecular complexity index is 963. The molecule has 0 spiro atoms. The van der Waals surface area contributed by atoms with Crippen LogP contribution in [0.1, 0.15) is 0 Å². The lowest BCUT2D eigenvalue weighted by Crippen LogP contribution is -2.31. The summed E-state index contributed by atoms with van der Waals surface area (Å²) in [6.07, 6.45) is 1.49. The van der Waals surface area contributed by atoms with Crippen LogP contribution in [0.4, 0.5) is 11.6 Å². The van der Waals surface area contributed by atoms with Crippen LogP contribution in [0.15, 0.2) is 29.6 Å². The summed E-state index contributed by atoms with van der Waals surface area (Å²) < 4.78 is 10.4. The smallest absolute Gasteiger partial charge is 0.326 e. The van der Waals surface area contributed by atoms with Crippen molar-refractivity contribution in [1.29, 1.82) is 0 Å². The molecule has 0 saturated heterocycles. The molecule has 0 amide bonds. The number of aliphatic carboxylic acids is 1. The van der Waals surface area contributed by atoms with Crippen molar-refractivity contribution in [1.82, 2.24) is 19.9 Å². The highest BCUT2D eigenvalue weighted by Crippen LogP contribution is 2.31. The van der Waals surface area contributed by atoms with Crippen LogP contribution in [0.5, 0.6) is 11.5 Å². The van der Waals surface area contributed by atoms with Crippen molar-refractivity contribution >= 4 is 40.5 Å². The maximum absolute atomic E-state index is 11.7. The number of aromatic nitrogens is 4. The first-order chi connectivity index (χ1) is 13.0. The van der Waals surface area contributed by atoms with Gasteiger partial charge >= 0.3 is 5.97 Å². The van der Waals surface area contributed by atoms with E-state index in [0.29, 0.717) is 33.4 Å². The molecule has 5 N–H and O–H groups in total. The molecule has 0 radical (unpaired) electrons. The van der Waals surface area contributed by atoms with Gasteiger partial charge in [-0.25, -0.2) is 14.8 Å². The summed E-state index contributed by atoms with van der Waals surface area (Å²) in [7, 11) is 3.05. The van der Waals surface area contributed by atoms with Crippen LogP contribution in [0.25, 0.3) is 11.2 Å². The number of aromatic amines is 1. The standard InChI is InChI=1S/C16H18N6O4S/c1-25-10-4-3-8(5-11(10)26-2)20-9(15(23)24)6-27-14-12-13(19-7-18-12)21-16(17)22-14/h3-5,7,9,20H,6H2,1-2H3,(H,23,24)(H3,17,18,19,21,22). The van der Waals surface area contributed by atoms with Gasteiger partial charge in [-0.05, 0) is 12.1 Å². The quantitative estimate of drug-likeness (QED) is 0.330. The van der Waals surface area contributed by atoms with Gasteiger partial charge in [-0.1, -0.05) is 0 Å². The minimum atomic E-state index is -1.000. The lowest BCUT2D eigenvalue weighted by molar-refractivity contribution is -0.137. The summed E-state index contributed by atoms with van der Waals surface area (Å²) in [5.74, 6) is 0.343. The fourth-order valence-electron chi connectivity index (χ4n) is 2.39. The molecular formula is C16H18N6O4S. The average molecular weight is 390 g/mol. The van der Waals surface area contributed by atoms with Gasteiger partial charge in [0.1, 0.15) is 16.6 Å². The van der Waals surface area contributed by atoms with Crippen molar-refractivity contribution in [2.24, 2.45) is 0 Å². The number of nitrogen functional groups attached to an aromatic ring is 1. The number of ether oxygens (including phenoxy) is 2. The molecule has 142 valence electrons. The molecule has 0 saturated carbocycles. The topological polar surface area (TPSA) is 148 Å². The summed E-state index contributed by atoms with van der Waals surface area (Å²) in [5, 5.41) is 13.1. The van der Waals surface area contributed by atoms with E-state index in [-0.39, 0.29) is 11.7 Å². The molecule has 3 aromatic rings. The van der Waals surface area contributed by atoms with E-state index in [1.807, 2.05) is 0 Å². The number of nitrogens with one attached hydrogen (secondary N) is 2. The molecule has 3 rings (SSSR count). The molecule has 2 heterocycles. The number of hydrogen-bond donors (Lipinski definition) is 4. The van der Waals surface area contributed by atoms with E-state index in [2.05, 4.69) is 25.3 Å². The Hall–Kier alpha value is -3.21. The second kappa shape index (κ2) is 7.99. The normalized spacial score (nSPS) is 11.9. The molecule has 0 aliphatic carbocycles. The lowest BCUT2D eigenvalue weighted by atomic mass is 10.2. The maximum atomic E-state index is 11.7. The second-order valence-electron chi connectivity index (χ2n) is 5.40. The van der Waals surface area contributed by atoms with Gasteiger partial charge in [0, 0.05) is 17.5 Å². The maximum Gasteiger partial charge on any atom is 0.326 e. The van der Waals surface area contributed by atoms with E-state index in [0.717, 1.165) is 0 Å². The molecule has 1 aromatic carbocycles. The predicted octanol–water partition coefficient (Wildman–Crippen LogP) is 1.61. The Balaban J connectivity index is 1.76. The average Bonchev–Trinajstić information content (AvgIpc) is 3.12. The summed E-state index contributed by atoms with van der Waals surface area (Å²) >= 11 is 1.24. The number of thioether (sulfide) groups is 1. The van der Waals surface area contributed by atoms with E-state index >= 15 is 0 Å². The van der Waals surface area contributed by atoms with Crippen LogP contribution in [-0.4, -0.2) is 57.0 Å². The van der Waals surface area contributed by atoms with Gasteiger partial charge in [-0.2, -0.15) is 4.98 Å². The number of fused-ring (bicyclic) bond motifs is 1. The number of nitrogens with zero attached hydrogens (tertiary/aromatic N) is 3. The summed E-state index contributed by atoms with van der Waals surface area (Å²) in [6, 6.07) is 4.22. The number of H-pyrrole nitrogens is 1. The number of nitrogens with two attached hydrogens (primary N) is 1. The molecule has 1 unspecified atom stereocenters. The van der Waals surface area contributed by atoms with Crippen LogP contribution in [0.2, 0.25) is 0 Å². The fourth-order valence-corrected chi connectivity index (χ4v) is 3.39. The minimum absolute atomic E-state index is 0.0804. The summed E-state index contributed by atoms with van der Waals surface area (Å²) in [6.45, 7) is 0. The molecule has 2 aromatic heterocycles. The number of methoxy groups -OCH3 is 2. The van der Waals surface area contributed by atoms with E-state index in [9.17, 15) is 9.90 Å². The fraction of sp³-hybridized carbons (Fsp3) is 0.250. The highest BCUT2D eigenvalue weighted by molar-refractivity contribution is 7.99. The van der Waals surface area contributed by atoms with Crippen LogP contribution in [0, 0.1) is 0 Å². The Morgan fingerprint density at radius 1 is 1.33 bits per heavy atom. The van der Waals surface area contributed by atoms with Crippen LogP contribution in [-0.2, 0) is 4.79 Å². The SMILES string of the molecule is COc1ccc(NC(CSc2nc(N)nc3nc[nH]c23)C(=O)O)cc1OC. The summed E-state index contributed by atoms with van der Waals surface area (Å²) in [5.41, 5.74) is 7.33. The van der Waals surface area contributed by atoms with Crippen LogP contribution >= 0.6 is 11.8 Å². The van der Waals surface area contributed by atoms with Crippen molar-refractivity contribution in [2.75, 3.05) is 31.0 Å². The third-order valence-electron chi connectivity index (χ3n) is 3.68. The first-order valence-corrected chi connectivity index (χ1v) is 8.81. The molecule has 0 aliphatic heterocycles. The zero-order valence-corrected chi connectivity index (χ0v) is 15.4. The molecular weight excluding hydrogens is 372 g/mol. The van der Waals surface area contributed by atoms with Crippen molar-refractivity contribution in [2.45, 2.75) is 11.1 Å². The first kappa shape index (κ1) is 18.6. The van der Waals surface area contributed by atoms with Crippen molar-refractivity contribution in [3.8, 4) is 11.5 Å². The molecule has 0 bridgehead atoms. The van der Waals surface area contributed by atoms with E-state index < -0.39 is 12.0 Å². The number of carboxylic acids is 1. The molecule has 1 atom stereocenters. The number of rotatable bonds is 8. The monoisotopic (exact) mass is 390 g/mol. The highest BCUT2D eigenvalue weighted by atomic mass is 32.2. The Kier molecular flexibility index (Phi) is 5.50. The summed E-state index contributed by atoms with van der Waals surface area (Å²) in [4.78, 5) is 26.8. The van der Waals surface area contributed by atoms with Crippen molar-refractivity contribution in [3.63, 3.8) is 0 Å². The van der Waals surface area contributed by atoms with Gasteiger partial charge in [0.15, 0.2) is 17.1 Å². The number of carbonyl (C=O) groups is 1. The lowest BCUT2D eigenvalue weighted by Gasteiger charge is -2.17. The minimum Gasteiger partial charge on any atom is -0.493 e. The van der Waals surface area contributed by atoms with E-state index in [4.69, 9.17) is 15.2 Å². The Morgan fingerprint density at radius 3 is 2.81 bits per heavy atom. The van der Waals surface area contributed by atoms with Gasteiger partial charge in [0.05, 0.1) is 20.5 Å². The molecule has 11 heteroatoms. The third kappa shape index (κ3) is 4.14. The zero-order chi connectivity index (χ0) is 19.4. The zero-order valence-electron chi connectivity index (χ0n) is 14.6. The van der Waals surface area contributed by atoms with Crippen LogP contribution < -0.4 is 20.5 Å². The van der Waals surface area contributed by atoms with Crippen molar-refractivity contribution < 1.29 is 19.4 Å². The Labute approximate surface area is 158 Å². The first-order valence-electron chi connectivity index (χ1n) is 7.82. The van der Waals surface area contributed by atoms with Crippen LogP contribution in [0.3, 0.4) is 0 Å². The largest absolute Gasteiger partial charge is 0.493 e. The molecule has 0 fully saturated rings. The van der Waals surface area contributed by atoms with Gasteiger partial charge in [0.2, 0.25) is 5.95 Å². The third-order valence-corrected chi connectivity index (χ3v) is 4.75. The number of hydrogen-bond acceptors (Lipinski definition) is 9. The van der Waals surface area contributed by atoms with Gasteiger partial charge in [0.25, 0.3) is 0 Å². The van der Waals surface area contributed by atoms with E-state index in [1.165, 1.54) is 32.3 Å². The molecule has 27 heavy (non-hydrogen) atoms. The number of imidazole rings is 1. The van der Waals surface area contributed by atoms with E-state index in [1.54, 1.807) is 18.2 Å². The van der Waals surface area contributed by atoms with Gasteiger partial charge < -0.3 is 30.6 Å². The Morgan fingerprint density at radius 2 is 2.11 bits per heavy atom. The number of benzene rings is 1. The number of anilines is 2. The highest BCUT2D eigenvalue weighted by Gasteiger charge is 2.20.